The molecule has 0 spiro atoms. The molecule has 2 aromatic carbocycles. The van der Waals surface area contributed by atoms with Crippen molar-refractivity contribution in [1.29, 1.82) is 0 Å². The van der Waals surface area contributed by atoms with E-state index in [9.17, 15) is 17.6 Å². The molecule has 132 valence electrons. The van der Waals surface area contributed by atoms with Crippen molar-refractivity contribution in [3.8, 4) is 0 Å². The largest absolute Gasteiger partial charge is 0.337 e. The van der Waals surface area contributed by atoms with Gasteiger partial charge in [0.05, 0.1) is 4.90 Å². The number of benzene rings is 2. The standard InChI is InChI=1S/C18H19FN2O3S/c1-21(12-14-5-2-3-8-17(14)19)18(22)13-6-4-7-16(11-13)25(23,24)20-15-9-10-15/h2-8,11,15,20H,9-10,12H2,1H3. The summed E-state index contributed by atoms with van der Waals surface area (Å²) in [5.41, 5.74) is 0.648. The fourth-order valence-electron chi connectivity index (χ4n) is 2.46. The number of carbonyl (C=O) groups excluding carboxylic acids is 1. The lowest BCUT2D eigenvalue weighted by Crippen LogP contribution is -2.28. The summed E-state index contributed by atoms with van der Waals surface area (Å²) in [6.45, 7) is 0.100. The van der Waals surface area contributed by atoms with Gasteiger partial charge in [0, 0.05) is 30.8 Å². The number of hydrogen-bond acceptors (Lipinski definition) is 3. The molecule has 1 amide bonds. The van der Waals surface area contributed by atoms with Gasteiger partial charge in [0.2, 0.25) is 10.0 Å². The summed E-state index contributed by atoms with van der Waals surface area (Å²) in [4.78, 5) is 14.0. The van der Waals surface area contributed by atoms with E-state index in [4.69, 9.17) is 0 Å². The maximum Gasteiger partial charge on any atom is 0.253 e. The molecule has 3 rings (SSSR count). The highest BCUT2D eigenvalue weighted by molar-refractivity contribution is 7.89. The molecule has 0 atom stereocenters. The minimum atomic E-state index is -3.63. The van der Waals surface area contributed by atoms with E-state index in [0.29, 0.717) is 5.56 Å². The van der Waals surface area contributed by atoms with Crippen LogP contribution in [-0.4, -0.2) is 32.3 Å². The van der Waals surface area contributed by atoms with Gasteiger partial charge in [-0.25, -0.2) is 17.5 Å². The molecule has 7 heteroatoms. The molecule has 0 bridgehead atoms. The van der Waals surface area contributed by atoms with Gasteiger partial charge in [-0.2, -0.15) is 0 Å². The lowest BCUT2D eigenvalue weighted by molar-refractivity contribution is 0.0783. The van der Waals surface area contributed by atoms with Crippen molar-refractivity contribution in [2.45, 2.75) is 30.3 Å². The molecule has 2 aromatic rings. The summed E-state index contributed by atoms with van der Waals surface area (Å²) >= 11 is 0. The molecule has 5 nitrogen and oxygen atoms in total. The molecule has 0 radical (unpaired) electrons. The first kappa shape index (κ1) is 17.6. The van der Waals surface area contributed by atoms with Crippen molar-refractivity contribution in [2.75, 3.05) is 7.05 Å². The Bertz CT molecular complexity index is 895. The molecule has 1 fully saturated rings. The SMILES string of the molecule is CN(Cc1ccccc1F)C(=O)c1cccc(S(=O)(=O)NC2CC2)c1. The van der Waals surface area contributed by atoms with Crippen molar-refractivity contribution in [3.63, 3.8) is 0 Å². The van der Waals surface area contributed by atoms with E-state index < -0.39 is 10.0 Å². The van der Waals surface area contributed by atoms with Gasteiger partial charge in [0.1, 0.15) is 5.82 Å². The van der Waals surface area contributed by atoms with Crippen molar-refractivity contribution in [1.82, 2.24) is 9.62 Å². The van der Waals surface area contributed by atoms with Gasteiger partial charge >= 0.3 is 0 Å². The molecule has 1 aliphatic rings. The van der Waals surface area contributed by atoms with E-state index in [2.05, 4.69) is 4.72 Å². The van der Waals surface area contributed by atoms with Crippen LogP contribution in [0.3, 0.4) is 0 Å². The number of carbonyl (C=O) groups is 1. The van der Waals surface area contributed by atoms with E-state index in [0.717, 1.165) is 12.8 Å². The summed E-state index contributed by atoms with van der Waals surface area (Å²) in [5, 5.41) is 0. The van der Waals surface area contributed by atoms with Gasteiger partial charge < -0.3 is 4.90 Å². The van der Waals surface area contributed by atoms with Crippen molar-refractivity contribution in [2.24, 2.45) is 0 Å². The fourth-order valence-corrected chi connectivity index (χ4v) is 3.81. The van der Waals surface area contributed by atoms with Crippen LogP contribution in [0.25, 0.3) is 0 Å². The Morgan fingerprint density at radius 2 is 1.92 bits per heavy atom. The quantitative estimate of drug-likeness (QED) is 0.859. The maximum absolute atomic E-state index is 13.7. The smallest absolute Gasteiger partial charge is 0.253 e. The average molecular weight is 362 g/mol. The van der Waals surface area contributed by atoms with Crippen molar-refractivity contribution in [3.05, 3.63) is 65.5 Å². The lowest BCUT2D eigenvalue weighted by Gasteiger charge is -2.18. The molecule has 25 heavy (non-hydrogen) atoms. The molecule has 0 aliphatic heterocycles. The second-order valence-corrected chi connectivity index (χ2v) is 7.89. The Hall–Kier alpha value is -2.25. The molecule has 0 saturated heterocycles. The number of nitrogens with one attached hydrogen (secondary N) is 1. The number of hydrogen-bond donors (Lipinski definition) is 1. The van der Waals surface area contributed by atoms with Crippen LogP contribution >= 0.6 is 0 Å². The van der Waals surface area contributed by atoms with Gasteiger partial charge in [-0.15, -0.1) is 0 Å². The van der Waals surface area contributed by atoms with Crippen LogP contribution in [-0.2, 0) is 16.6 Å². The first-order valence-electron chi connectivity index (χ1n) is 7.98. The number of nitrogens with zero attached hydrogens (tertiary/aromatic N) is 1. The molecule has 0 unspecified atom stereocenters. The minimum Gasteiger partial charge on any atom is -0.337 e. The summed E-state index contributed by atoms with van der Waals surface area (Å²) < 4.78 is 40.9. The first-order chi connectivity index (χ1) is 11.9. The number of amides is 1. The molecule has 1 aliphatic carbocycles. The fraction of sp³-hybridized carbons (Fsp3) is 0.278. The third-order valence-electron chi connectivity index (χ3n) is 4.00. The zero-order chi connectivity index (χ0) is 18.0. The van der Waals surface area contributed by atoms with Crippen LogP contribution in [0.2, 0.25) is 0 Å². The highest BCUT2D eigenvalue weighted by atomic mass is 32.2. The molecular weight excluding hydrogens is 343 g/mol. The van der Waals surface area contributed by atoms with Crippen LogP contribution in [0.4, 0.5) is 4.39 Å². The molecular formula is C18H19FN2O3S. The van der Waals surface area contributed by atoms with E-state index in [1.165, 1.54) is 29.2 Å². The Balaban J connectivity index is 1.78. The van der Waals surface area contributed by atoms with Gasteiger partial charge in [0.25, 0.3) is 5.91 Å². The van der Waals surface area contributed by atoms with Gasteiger partial charge in [-0.05, 0) is 37.1 Å². The highest BCUT2D eigenvalue weighted by Crippen LogP contribution is 2.23. The first-order valence-corrected chi connectivity index (χ1v) is 9.46. The number of sulfonamides is 1. The van der Waals surface area contributed by atoms with Crippen LogP contribution in [0.5, 0.6) is 0 Å². The Morgan fingerprint density at radius 1 is 1.20 bits per heavy atom. The Kier molecular flexibility index (Phi) is 4.87. The average Bonchev–Trinajstić information content (AvgIpc) is 3.39. The topological polar surface area (TPSA) is 66.5 Å². The van der Waals surface area contributed by atoms with Gasteiger partial charge in [0.15, 0.2) is 0 Å². The van der Waals surface area contributed by atoms with E-state index in [-0.39, 0.29) is 34.8 Å². The Morgan fingerprint density at radius 3 is 2.60 bits per heavy atom. The normalized spacial score (nSPS) is 14.3. The van der Waals surface area contributed by atoms with E-state index in [1.54, 1.807) is 31.3 Å². The molecule has 0 heterocycles. The monoisotopic (exact) mass is 362 g/mol. The predicted octanol–water partition coefficient (Wildman–Crippen LogP) is 2.54. The summed E-state index contributed by atoms with van der Waals surface area (Å²) in [6.07, 6.45) is 1.67. The van der Waals surface area contributed by atoms with Crippen molar-refractivity contribution >= 4 is 15.9 Å². The van der Waals surface area contributed by atoms with Crippen LogP contribution in [0.15, 0.2) is 53.4 Å². The number of halogens is 1. The summed E-state index contributed by atoms with van der Waals surface area (Å²) in [7, 11) is -2.07. The van der Waals surface area contributed by atoms with E-state index in [1.807, 2.05) is 0 Å². The third kappa shape index (κ3) is 4.24. The second kappa shape index (κ2) is 6.93. The van der Waals surface area contributed by atoms with Crippen LogP contribution in [0, 0.1) is 5.82 Å². The highest BCUT2D eigenvalue weighted by Gasteiger charge is 2.28. The third-order valence-corrected chi connectivity index (χ3v) is 5.52. The molecule has 0 aromatic heterocycles. The maximum atomic E-state index is 13.7. The summed E-state index contributed by atoms with van der Waals surface area (Å²) in [5.74, 6) is -0.751. The van der Waals surface area contributed by atoms with Crippen LogP contribution < -0.4 is 4.72 Å². The van der Waals surface area contributed by atoms with Crippen molar-refractivity contribution < 1.29 is 17.6 Å². The molecule has 1 N–H and O–H groups in total. The Labute approximate surface area is 146 Å². The number of rotatable bonds is 6. The predicted molar refractivity (Wildman–Crippen MR) is 92.0 cm³/mol. The van der Waals surface area contributed by atoms with Gasteiger partial charge in [-0.1, -0.05) is 24.3 Å². The lowest BCUT2D eigenvalue weighted by atomic mass is 10.1. The zero-order valence-electron chi connectivity index (χ0n) is 13.8. The zero-order valence-corrected chi connectivity index (χ0v) is 14.6. The molecule has 1 saturated carbocycles. The van der Waals surface area contributed by atoms with Crippen LogP contribution in [0.1, 0.15) is 28.8 Å². The van der Waals surface area contributed by atoms with E-state index >= 15 is 0 Å². The summed E-state index contributed by atoms with van der Waals surface area (Å²) in [6, 6.07) is 12.1. The minimum absolute atomic E-state index is 0.00640. The van der Waals surface area contributed by atoms with Gasteiger partial charge in [-0.3, -0.25) is 4.79 Å². The second-order valence-electron chi connectivity index (χ2n) is 6.18.